The van der Waals surface area contributed by atoms with Crippen molar-refractivity contribution in [3.05, 3.63) is 214 Å². The van der Waals surface area contributed by atoms with Crippen molar-refractivity contribution in [1.29, 1.82) is 0 Å². The highest BCUT2D eigenvalue weighted by Crippen LogP contribution is 2.34. The number of hydrogen-bond donors (Lipinski definition) is 4. The summed E-state index contributed by atoms with van der Waals surface area (Å²) >= 11 is 5.43. The van der Waals surface area contributed by atoms with Crippen LogP contribution in [0.25, 0.3) is 0 Å². The van der Waals surface area contributed by atoms with E-state index in [0.717, 1.165) is 22.3 Å². The third-order valence-electron chi connectivity index (χ3n) is 15.8. The molecule has 0 aliphatic carbocycles. The number of carboxylic acid groups (broad SMARTS) is 1. The molecular formula is C93H122ClN3O20. The lowest BCUT2D eigenvalue weighted by Crippen LogP contribution is -2.22. The molecule has 636 valence electrons. The van der Waals surface area contributed by atoms with Crippen molar-refractivity contribution >= 4 is 69.5 Å². The van der Waals surface area contributed by atoms with Gasteiger partial charge in [-0.05, 0) is 251 Å². The number of benzene rings is 7. The van der Waals surface area contributed by atoms with Crippen LogP contribution in [0.1, 0.15) is 212 Å². The first kappa shape index (κ1) is 98.6. The smallest absolute Gasteiger partial charge is 0.338 e. The number of amides is 3. The van der Waals surface area contributed by atoms with Crippen LogP contribution in [0.15, 0.2) is 153 Å². The summed E-state index contributed by atoms with van der Waals surface area (Å²) in [6.07, 6.45) is 2.99. The summed E-state index contributed by atoms with van der Waals surface area (Å²) < 4.78 is 67.8. The van der Waals surface area contributed by atoms with Crippen molar-refractivity contribution in [3.63, 3.8) is 0 Å². The summed E-state index contributed by atoms with van der Waals surface area (Å²) in [6.45, 7) is 53.3. The molecule has 0 bridgehead atoms. The predicted molar refractivity (Wildman–Crippen MR) is 461 cm³/mol. The maximum Gasteiger partial charge on any atom is 0.338 e. The van der Waals surface area contributed by atoms with Crippen LogP contribution in [0.5, 0.6) is 40.2 Å². The maximum absolute atomic E-state index is 13.5. The topological polar surface area (TPSA) is 287 Å². The highest BCUT2D eigenvalue weighted by Gasteiger charge is 2.23. The van der Waals surface area contributed by atoms with Crippen LogP contribution in [-0.4, -0.2) is 142 Å². The molecule has 4 N–H and O–H groups in total. The first-order valence-electron chi connectivity index (χ1n) is 39.1. The zero-order chi connectivity index (χ0) is 87.3. The lowest BCUT2D eigenvalue weighted by molar-refractivity contribution is -0.0166. The number of halogens is 1. The Labute approximate surface area is 696 Å². The summed E-state index contributed by atoms with van der Waals surface area (Å²) in [4.78, 5) is 86.4. The molecule has 23 nitrogen and oxygen atoms in total. The summed E-state index contributed by atoms with van der Waals surface area (Å²) in [6, 6.07) is 34.9. The number of carbonyl (C=O) groups is 7. The lowest BCUT2D eigenvalue weighted by atomic mass is 10.1. The van der Waals surface area contributed by atoms with Crippen LogP contribution in [0.4, 0.5) is 17.1 Å². The average Bonchev–Trinajstić information content (AvgIpc) is 0.822. The molecule has 0 unspecified atom stereocenters. The number of anilines is 3. The quantitative estimate of drug-likeness (QED) is 0.0121. The minimum absolute atomic E-state index is 0.0747. The maximum atomic E-state index is 13.5. The summed E-state index contributed by atoms with van der Waals surface area (Å²) in [5, 5.41) is 17.1. The van der Waals surface area contributed by atoms with Gasteiger partial charge in [0.05, 0.1) is 96.8 Å². The fourth-order valence-electron chi connectivity index (χ4n) is 9.73. The van der Waals surface area contributed by atoms with Crippen molar-refractivity contribution in [2.45, 2.75) is 162 Å². The second-order valence-corrected chi connectivity index (χ2v) is 32.4. The molecule has 0 saturated heterocycles. The van der Waals surface area contributed by atoms with Crippen molar-refractivity contribution in [2.24, 2.45) is 23.7 Å². The second-order valence-electron chi connectivity index (χ2n) is 32.0. The van der Waals surface area contributed by atoms with Gasteiger partial charge in [-0.3, -0.25) is 19.2 Å². The third kappa shape index (κ3) is 37.8. The number of carboxylic acids is 1. The van der Waals surface area contributed by atoms with Crippen molar-refractivity contribution in [2.75, 3.05) is 95.2 Å². The van der Waals surface area contributed by atoms with Gasteiger partial charge in [-0.25, -0.2) is 14.4 Å². The number of aryl methyl sites for hydroxylation is 4. The molecule has 117 heavy (non-hydrogen) atoms. The number of hydrogen-bond acceptors (Lipinski definition) is 19. The molecule has 0 fully saturated rings. The SMILES string of the molecule is C=CCOC(=O)c1ccc(NC(=O)c2ccc(C)c(OCC(C)C)c2)c(OCC(C)C)c1.C=CCOC(=O)c1ccc(NC(=O)c2ccc(NC(=O)c3ccc(C)c(OCCOC(C)(C)C)c3)c(OCC(C)C)c2)c(OCC(C)C)c1.Cc1ccc(C(=O)Cl)cc1OCCOC(C)(C)C.Cc1ccc(C(=O)O)cc1OCCOC(C)(C)C. The normalized spacial score (nSPS) is 11.1. The van der Waals surface area contributed by atoms with E-state index in [1.54, 1.807) is 103 Å². The molecule has 7 rings (SSSR count). The monoisotopic (exact) mass is 1640 g/mol. The van der Waals surface area contributed by atoms with Gasteiger partial charge in [0.1, 0.15) is 73.3 Å². The van der Waals surface area contributed by atoms with E-state index in [-0.39, 0.29) is 70.7 Å². The highest BCUT2D eigenvalue weighted by atomic mass is 35.5. The Morgan fingerprint density at radius 2 is 0.590 bits per heavy atom. The zero-order valence-corrected chi connectivity index (χ0v) is 72.8. The first-order valence-corrected chi connectivity index (χ1v) is 39.4. The van der Waals surface area contributed by atoms with Crippen LogP contribution < -0.4 is 49.1 Å². The molecule has 0 aliphatic heterocycles. The molecule has 0 atom stereocenters. The highest BCUT2D eigenvalue weighted by molar-refractivity contribution is 6.67. The molecule has 0 saturated carbocycles. The van der Waals surface area contributed by atoms with E-state index in [0.29, 0.717) is 157 Å². The Balaban J connectivity index is 0.000000360. The molecule has 0 heterocycles. The van der Waals surface area contributed by atoms with Gasteiger partial charge in [-0.2, -0.15) is 0 Å². The second kappa shape index (κ2) is 48.7. The Kier molecular flexibility index (Phi) is 41.1. The van der Waals surface area contributed by atoms with Gasteiger partial charge in [0, 0.05) is 22.3 Å². The molecule has 0 radical (unpaired) electrons. The van der Waals surface area contributed by atoms with E-state index in [4.69, 9.17) is 73.5 Å². The number of aromatic carboxylic acids is 1. The average molecular weight is 1640 g/mol. The van der Waals surface area contributed by atoms with Crippen molar-refractivity contribution in [3.8, 4) is 40.2 Å². The van der Waals surface area contributed by atoms with Crippen LogP contribution in [0.2, 0.25) is 0 Å². The number of carbonyl (C=O) groups excluding carboxylic acids is 6. The van der Waals surface area contributed by atoms with Crippen LogP contribution in [0, 0.1) is 51.4 Å². The molecule has 0 aromatic heterocycles. The predicted octanol–water partition coefficient (Wildman–Crippen LogP) is 20.2. The fourth-order valence-corrected chi connectivity index (χ4v) is 9.85. The van der Waals surface area contributed by atoms with Gasteiger partial charge in [-0.1, -0.05) is 105 Å². The van der Waals surface area contributed by atoms with Gasteiger partial charge in [0.25, 0.3) is 23.0 Å². The van der Waals surface area contributed by atoms with E-state index in [1.807, 2.05) is 150 Å². The number of nitrogens with one attached hydrogen (secondary N) is 3. The molecule has 0 spiro atoms. The van der Waals surface area contributed by atoms with E-state index < -0.39 is 29.1 Å². The van der Waals surface area contributed by atoms with Gasteiger partial charge < -0.3 is 77.9 Å². The number of ether oxygens (including phenoxy) is 12. The van der Waals surface area contributed by atoms with E-state index in [2.05, 4.69) is 43.0 Å². The minimum Gasteiger partial charge on any atom is -0.493 e. The van der Waals surface area contributed by atoms with E-state index in [1.165, 1.54) is 18.2 Å². The van der Waals surface area contributed by atoms with Crippen LogP contribution >= 0.6 is 11.6 Å². The standard InChI is InChI=1S/C39H50N2O8.C26H33NO5.C14H19ClO3.C14H20O4/c1-10-17-46-38(44)30-14-16-32(35(22-30)48-24-26(4)5)41-37(43)29-13-15-31(34(21-29)47-23-25(2)3)40-36(42)28-12-11-27(6)33(20-28)45-18-19-49-39(7,8)9;1-7-12-30-26(29)21-10-11-22(24(14-21)32-16-18(4)5)27-25(28)20-9-8-19(6)23(13-20)31-15-17(2)3;2*1-10-5-6-11(13(15)16)9-12(10)17-7-8-18-14(2,3)4/h10-16,20-22,25-26H,1,17-19,23-24H2,2-9H3,(H,40,42)(H,41,43);7-11,13-14,17-18H,1,12,15-16H2,2-6H3,(H,27,28);5-6,9H,7-8H2,1-4H3;5-6,9H,7-8H2,1-4H3,(H,15,16). The Morgan fingerprint density at radius 3 is 0.872 bits per heavy atom. The first-order chi connectivity index (χ1) is 55.0. The minimum atomic E-state index is -0.953. The molecule has 7 aromatic rings. The molecule has 3 amide bonds. The zero-order valence-electron chi connectivity index (χ0n) is 72.1. The Morgan fingerprint density at radius 1 is 0.350 bits per heavy atom. The van der Waals surface area contributed by atoms with Crippen LogP contribution in [0.3, 0.4) is 0 Å². The largest absolute Gasteiger partial charge is 0.493 e. The Hall–Kier alpha value is -10.7. The fraction of sp³-hybridized carbons (Fsp3) is 0.430. The number of rotatable bonds is 38. The summed E-state index contributed by atoms with van der Waals surface area (Å²) in [7, 11) is 0. The number of esters is 2. The molecule has 0 aliphatic rings. The summed E-state index contributed by atoms with van der Waals surface area (Å²) in [5.74, 6) is 1.60. The van der Waals surface area contributed by atoms with Gasteiger partial charge in [0.15, 0.2) is 0 Å². The molecule has 7 aromatic carbocycles. The van der Waals surface area contributed by atoms with Gasteiger partial charge >= 0.3 is 17.9 Å². The summed E-state index contributed by atoms with van der Waals surface area (Å²) in [5.41, 5.74) is 6.82. The van der Waals surface area contributed by atoms with Gasteiger partial charge in [0.2, 0.25) is 0 Å². The molecule has 24 heteroatoms. The third-order valence-corrected chi connectivity index (χ3v) is 16.0. The lowest BCUT2D eigenvalue weighted by Gasteiger charge is -2.20. The van der Waals surface area contributed by atoms with Gasteiger partial charge in [-0.15, -0.1) is 0 Å². The van der Waals surface area contributed by atoms with Crippen molar-refractivity contribution < 1.29 is 95.5 Å². The van der Waals surface area contributed by atoms with E-state index in [9.17, 15) is 33.6 Å². The van der Waals surface area contributed by atoms with E-state index >= 15 is 0 Å². The molecular weight excluding hydrogens is 1510 g/mol. The van der Waals surface area contributed by atoms with Crippen molar-refractivity contribution in [1.82, 2.24) is 0 Å². The Bertz CT molecular complexity index is 4350. The van der Waals surface area contributed by atoms with Crippen LogP contribution in [-0.2, 0) is 23.7 Å².